The zero-order valence-electron chi connectivity index (χ0n) is 17.7. The Morgan fingerprint density at radius 1 is 0.615 bits per heavy atom. The van der Waals surface area contributed by atoms with Crippen LogP contribution in [0.1, 0.15) is 104 Å². The van der Waals surface area contributed by atoms with Crippen LogP contribution in [-0.2, 0) is 0 Å². The van der Waals surface area contributed by atoms with Crippen LogP contribution in [0.4, 0.5) is 0 Å². The zero-order chi connectivity index (χ0) is 18.5. The average Bonchev–Trinajstić information content (AvgIpc) is 2.68. The number of hydrogen-bond donors (Lipinski definition) is 0. The number of rotatable bonds is 10. The van der Waals surface area contributed by atoms with Crippen LogP contribution in [0.5, 0.6) is 0 Å². The van der Waals surface area contributed by atoms with Crippen molar-refractivity contribution in [1.82, 2.24) is 0 Å². The first-order chi connectivity index (χ1) is 12.8. The van der Waals surface area contributed by atoms with Crippen molar-refractivity contribution in [1.29, 1.82) is 0 Å². The van der Waals surface area contributed by atoms with Gasteiger partial charge in [0.1, 0.15) is 0 Å². The van der Waals surface area contributed by atoms with Crippen molar-refractivity contribution in [3.05, 3.63) is 36.5 Å². The van der Waals surface area contributed by atoms with Gasteiger partial charge in [-0.1, -0.05) is 49.8 Å². The molecular formula is C26H44. The smallest absolute Gasteiger partial charge is 0.0233 e. The highest BCUT2D eigenvalue weighted by Gasteiger charge is 2.20. The molecule has 2 rings (SSSR count). The molecule has 0 atom stereocenters. The third-order valence-corrected chi connectivity index (χ3v) is 6.77. The summed E-state index contributed by atoms with van der Waals surface area (Å²) in [7, 11) is 0. The van der Waals surface area contributed by atoms with Crippen molar-refractivity contribution in [3.63, 3.8) is 0 Å². The lowest BCUT2D eigenvalue weighted by Gasteiger charge is -2.27. The summed E-state index contributed by atoms with van der Waals surface area (Å²) < 4.78 is 0. The van der Waals surface area contributed by atoms with Crippen molar-refractivity contribution in [3.8, 4) is 0 Å². The molecule has 0 aliphatic heterocycles. The molecule has 0 heteroatoms. The van der Waals surface area contributed by atoms with E-state index >= 15 is 0 Å². The fourth-order valence-electron chi connectivity index (χ4n) is 4.91. The van der Waals surface area contributed by atoms with Crippen molar-refractivity contribution < 1.29 is 0 Å². The molecule has 2 aliphatic carbocycles. The van der Waals surface area contributed by atoms with E-state index in [-0.39, 0.29) is 0 Å². The van der Waals surface area contributed by atoms with Crippen LogP contribution >= 0.6 is 0 Å². The van der Waals surface area contributed by atoms with Crippen LogP contribution in [0.25, 0.3) is 0 Å². The molecule has 0 unspecified atom stereocenters. The highest BCUT2D eigenvalue weighted by atomic mass is 14.3. The lowest BCUT2D eigenvalue weighted by atomic mass is 9.79. The largest absolute Gasteiger partial charge is 0.0917 e. The van der Waals surface area contributed by atoms with Gasteiger partial charge in [-0.25, -0.2) is 0 Å². The van der Waals surface area contributed by atoms with Gasteiger partial charge in [0.05, 0.1) is 0 Å². The van der Waals surface area contributed by atoms with Crippen molar-refractivity contribution in [2.75, 3.05) is 0 Å². The molecule has 0 bridgehead atoms. The molecule has 0 radical (unpaired) electrons. The van der Waals surface area contributed by atoms with E-state index < -0.39 is 0 Å². The molecular weight excluding hydrogens is 312 g/mol. The standard InChI is InChI=1S/C26H44/c1-3-5-7-11-23-15-19-25(20-16-23)13-9-10-14-26-21-17-24(18-22-26)12-8-6-4-2/h3,5,8-9,12-13,23-26H,4,6-7,10-11,14-22H2,1-2H3/b5-3+,12-8+,13-9+. The Balaban J connectivity index is 1.52. The van der Waals surface area contributed by atoms with Crippen LogP contribution in [0, 0.1) is 23.7 Å². The molecule has 0 heterocycles. The first kappa shape index (κ1) is 21.5. The molecule has 0 amide bonds. The molecule has 0 spiro atoms. The van der Waals surface area contributed by atoms with Gasteiger partial charge in [0.25, 0.3) is 0 Å². The highest BCUT2D eigenvalue weighted by Crippen LogP contribution is 2.34. The molecule has 26 heavy (non-hydrogen) atoms. The van der Waals surface area contributed by atoms with Gasteiger partial charge in [0.2, 0.25) is 0 Å². The topological polar surface area (TPSA) is 0 Å². The minimum atomic E-state index is 0.882. The minimum absolute atomic E-state index is 0.882. The van der Waals surface area contributed by atoms with Crippen molar-refractivity contribution in [2.45, 2.75) is 104 Å². The lowest BCUT2D eigenvalue weighted by Crippen LogP contribution is -2.13. The van der Waals surface area contributed by atoms with E-state index in [1.165, 1.54) is 89.9 Å². The first-order valence-electron chi connectivity index (χ1n) is 11.8. The van der Waals surface area contributed by atoms with E-state index in [0.29, 0.717) is 0 Å². The summed E-state index contributed by atoms with van der Waals surface area (Å²) in [6.45, 7) is 4.41. The number of allylic oxidation sites excluding steroid dienone is 6. The first-order valence-corrected chi connectivity index (χ1v) is 11.8. The molecule has 0 aromatic rings. The van der Waals surface area contributed by atoms with Gasteiger partial charge in [-0.2, -0.15) is 0 Å². The Morgan fingerprint density at radius 3 is 1.54 bits per heavy atom. The molecule has 0 N–H and O–H groups in total. The van der Waals surface area contributed by atoms with Gasteiger partial charge < -0.3 is 0 Å². The quantitative estimate of drug-likeness (QED) is 0.343. The Hall–Kier alpha value is -0.780. The van der Waals surface area contributed by atoms with Crippen LogP contribution < -0.4 is 0 Å². The normalized spacial score (nSPS) is 30.7. The van der Waals surface area contributed by atoms with Gasteiger partial charge in [-0.15, -0.1) is 0 Å². The maximum Gasteiger partial charge on any atom is -0.0233 e. The van der Waals surface area contributed by atoms with E-state index in [4.69, 9.17) is 0 Å². The number of unbranched alkanes of at least 4 members (excludes halogenated alkanes) is 1. The SMILES string of the molecule is C/C=C/CCC1CCC(/C=C/CCC2CCC(/C=C/CCC)CC2)CC1. The predicted octanol–water partition coefficient (Wildman–Crippen LogP) is 8.65. The summed E-state index contributed by atoms with van der Waals surface area (Å²) >= 11 is 0. The summed E-state index contributed by atoms with van der Waals surface area (Å²) in [5.74, 6) is 3.76. The van der Waals surface area contributed by atoms with Crippen molar-refractivity contribution in [2.24, 2.45) is 23.7 Å². The van der Waals surface area contributed by atoms with Crippen LogP contribution in [0.3, 0.4) is 0 Å². The maximum absolute atomic E-state index is 2.57. The highest BCUT2D eigenvalue weighted by molar-refractivity contribution is 4.93. The summed E-state index contributed by atoms with van der Waals surface area (Å²) in [6, 6.07) is 0. The molecule has 2 saturated carbocycles. The second-order valence-electron chi connectivity index (χ2n) is 8.93. The Kier molecular flexibility index (Phi) is 11.1. The molecule has 0 nitrogen and oxygen atoms in total. The monoisotopic (exact) mass is 356 g/mol. The van der Waals surface area contributed by atoms with Gasteiger partial charge in [0.15, 0.2) is 0 Å². The van der Waals surface area contributed by atoms with E-state index in [1.54, 1.807) is 0 Å². The molecule has 0 saturated heterocycles. The third kappa shape index (κ3) is 8.74. The predicted molar refractivity (Wildman–Crippen MR) is 117 cm³/mol. The zero-order valence-corrected chi connectivity index (χ0v) is 17.7. The Labute approximate surface area is 164 Å². The second-order valence-corrected chi connectivity index (χ2v) is 8.93. The molecule has 148 valence electrons. The molecule has 2 aliphatic rings. The number of hydrogen-bond acceptors (Lipinski definition) is 0. The fraction of sp³-hybridized carbons (Fsp3) is 0.769. The lowest BCUT2D eigenvalue weighted by molar-refractivity contribution is 0.293. The molecule has 2 fully saturated rings. The van der Waals surface area contributed by atoms with E-state index in [2.05, 4.69) is 50.3 Å². The summed E-state index contributed by atoms with van der Waals surface area (Å²) in [6.07, 6.45) is 34.2. The van der Waals surface area contributed by atoms with Crippen LogP contribution in [-0.4, -0.2) is 0 Å². The maximum atomic E-state index is 2.57. The summed E-state index contributed by atoms with van der Waals surface area (Å²) in [4.78, 5) is 0. The van der Waals surface area contributed by atoms with E-state index in [0.717, 1.165) is 23.7 Å². The van der Waals surface area contributed by atoms with Gasteiger partial charge in [-0.3, -0.25) is 0 Å². The van der Waals surface area contributed by atoms with E-state index in [1.807, 2.05) is 0 Å². The van der Waals surface area contributed by atoms with Gasteiger partial charge >= 0.3 is 0 Å². The summed E-state index contributed by atoms with van der Waals surface area (Å²) in [5, 5.41) is 0. The molecule has 0 aromatic carbocycles. The van der Waals surface area contributed by atoms with Gasteiger partial charge in [-0.05, 0) is 114 Å². The Morgan fingerprint density at radius 2 is 1.08 bits per heavy atom. The fourth-order valence-corrected chi connectivity index (χ4v) is 4.91. The van der Waals surface area contributed by atoms with Crippen LogP contribution in [0.2, 0.25) is 0 Å². The van der Waals surface area contributed by atoms with E-state index in [9.17, 15) is 0 Å². The van der Waals surface area contributed by atoms with Gasteiger partial charge in [0, 0.05) is 0 Å². The Bertz CT molecular complexity index is 411. The second kappa shape index (κ2) is 13.4. The average molecular weight is 357 g/mol. The van der Waals surface area contributed by atoms with Crippen molar-refractivity contribution >= 4 is 0 Å². The minimum Gasteiger partial charge on any atom is -0.0917 e. The summed E-state index contributed by atoms with van der Waals surface area (Å²) in [5.41, 5.74) is 0. The van der Waals surface area contributed by atoms with Crippen LogP contribution in [0.15, 0.2) is 36.5 Å². The third-order valence-electron chi connectivity index (χ3n) is 6.77. The molecule has 0 aromatic heterocycles.